The number of phosphoric ester groups is 2. The third-order valence-corrected chi connectivity index (χ3v) is 18.4. The van der Waals surface area contributed by atoms with Gasteiger partial charge in [0.2, 0.25) is 0 Å². The fraction of sp³-hybridized carbons (Fsp3) is 0.818. The SMILES string of the molecule is CCCCC/C=C\C/C=C\CCCCCCCC(=O)OC[C@H](COP(=O)(O)OC[C@@H](O)COP(=O)(O)OC[C@@H](COC(=O)CCCCCCC/C=C\C=C/CCCCCC)OC(=O)CCCCCCCCCCCCCCC)OC(=O)CCCCCCC/C=C\CCCCCC. The summed E-state index contributed by atoms with van der Waals surface area (Å²) < 4.78 is 68.4. The molecule has 0 aliphatic heterocycles. The highest BCUT2D eigenvalue weighted by Crippen LogP contribution is 2.45. The van der Waals surface area contributed by atoms with E-state index >= 15 is 0 Å². The molecule has 0 aromatic rings. The molecule has 0 bridgehead atoms. The van der Waals surface area contributed by atoms with Crippen molar-refractivity contribution in [3.8, 4) is 0 Å². The highest BCUT2D eigenvalue weighted by atomic mass is 31.2. The fourth-order valence-corrected chi connectivity index (χ4v) is 12.1. The first kappa shape index (κ1) is 92.8. The summed E-state index contributed by atoms with van der Waals surface area (Å²) in [5.74, 6) is -2.19. The average Bonchev–Trinajstić information content (AvgIpc) is 1.14. The predicted octanol–water partition coefficient (Wildman–Crippen LogP) is 21.9. The monoisotopic (exact) mass is 1400 g/mol. The van der Waals surface area contributed by atoms with Gasteiger partial charge in [-0.15, -0.1) is 0 Å². The Kier molecular flexibility index (Phi) is 67.8. The summed E-state index contributed by atoms with van der Waals surface area (Å²) in [5.41, 5.74) is 0. The number of hydrogen-bond donors (Lipinski definition) is 3. The van der Waals surface area contributed by atoms with Gasteiger partial charge in [0.1, 0.15) is 19.3 Å². The standard InChI is InChI=1S/C77H140O17P2/c1-5-9-13-17-21-25-29-33-35-39-41-45-49-53-57-61-74(79)87-67-72(93-76(81)63-59-55-51-47-43-37-31-27-23-19-15-11-7-3)69-91-95(83,84)89-65-71(78)66-90-96(85,86)92-70-73(94-77(82)64-60-56-52-48-44-38-32-28-24-20-16-12-8-4)68-88-75(80)62-58-54-50-46-42-40-36-34-30-26-22-18-14-10-6-2/h21,25-27,30-31,33-36,71-73,78H,5-20,22-24,28-29,32,37-70H2,1-4H3,(H,83,84)(H,85,86)/b25-21-,30-26-,31-27-,35-33-,36-34-/t71-,72-,73-/m1/s1. The first-order chi connectivity index (χ1) is 46.7. The van der Waals surface area contributed by atoms with E-state index in [1.165, 1.54) is 122 Å². The summed E-state index contributed by atoms with van der Waals surface area (Å²) in [7, 11) is -9.94. The predicted molar refractivity (Wildman–Crippen MR) is 390 cm³/mol. The second-order valence-electron chi connectivity index (χ2n) is 26.0. The highest BCUT2D eigenvalue weighted by molar-refractivity contribution is 7.47. The number of rotatable bonds is 73. The van der Waals surface area contributed by atoms with E-state index in [0.717, 1.165) is 148 Å². The van der Waals surface area contributed by atoms with Crippen molar-refractivity contribution < 1.29 is 80.2 Å². The van der Waals surface area contributed by atoms with Crippen LogP contribution < -0.4 is 0 Å². The van der Waals surface area contributed by atoms with Gasteiger partial charge in [-0.3, -0.25) is 37.3 Å². The van der Waals surface area contributed by atoms with Crippen molar-refractivity contribution in [3.05, 3.63) is 60.8 Å². The first-order valence-corrected chi connectivity index (χ1v) is 41.5. The summed E-state index contributed by atoms with van der Waals surface area (Å²) in [6.45, 7) is 4.82. The van der Waals surface area contributed by atoms with Crippen LogP contribution in [-0.2, 0) is 65.4 Å². The summed E-state index contributed by atoms with van der Waals surface area (Å²) in [6.07, 6.45) is 67.7. The third-order valence-electron chi connectivity index (χ3n) is 16.5. The number of allylic oxidation sites excluding steroid dienone is 10. The molecule has 5 atom stereocenters. The van der Waals surface area contributed by atoms with Crippen LogP contribution in [0, 0.1) is 0 Å². The minimum absolute atomic E-state index is 0.0852. The molecule has 0 heterocycles. The van der Waals surface area contributed by atoms with E-state index in [2.05, 4.69) is 88.5 Å². The molecule has 0 rings (SSSR count). The summed E-state index contributed by atoms with van der Waals surface area (Å²) in [4.78, 5) is 72.8. The zero-order chi connectivity index (χ0) is 70.4. The quantitative estimate of drug-likeness (QED) is 0.0128. The lowest BCUT2D eigenvalue weighted by Gasteiger charge is -2.21. The number of esters is 4. The second kappa shape index (κ2) is 70.2. The molecule has 0 saturated carbocycles. The van der Waals surface area contributed by atoms with Gasteiger partial charge in [0.05, 0.1) is 26.4 Å². The number of carbonyl (C=O) groups is 4. The van der Waals surface area contributed by atoms with Crippen LogP contribution in [0.15, 0.2) is 60.8 Å². The molecule has 0 radical (unpaired) electrons. The van der Waals surface area contributed by atoms with Crippen molar-refractivity contribution in [2.24, 2.45) is 0 Å². The van der Waals surface area contributed by atoms with Crippen LogP contribution >= 0.6 is 15.6 Å². The molecule has 0 spiro atoms. The maximum Gasteiger partial charge on any atom is 0.472 e. The van der Waals surface area contributed by atoms with E-state index in [0.29, 0.717) is 25.7 Å². The molecular formula is C77H140O17P2. The Morgan fingerprint density at radius 2 is 0.542 bits per heavy atom. The van der Waals surface area contributed by atoms with Crippen molar-refractivity contribution >= 4 is 39.5 Å². The van der Waals surface area contributed by atoms with E-state index in [1.54, 1.807) is 0 Å². The molecule has 0 fully saturated rings. The van der Waals surface area contributed by atoms with Crippen LogP contribution in [0.1, 0.15) is 349 Å². The van der Waals surface area contributed by atoms with Crippen molar-refractivity contribution in [2.75, 3.05) is 39.6 Å². The van der Waals surface area contributed by atoms with Crippen molar-refractivity contribution in [3.63, 3.8) is 0 Å². The number of phosphoric acid groups is 2. The van der Waals surface area contributed by atoms with Crippen LogP contribution in [0.3, 0.4) is 0 Å². The van der Waals surface area contributed by atoms with Crippen LogP contribution in [0.5, 0.6) is 0 Å². The van der Waals surface area contributed by atoms with Gasteiger partial charge in [-0.1, -0.05) is 275 Å². The number of hydrogen-bond acceptors (Lipinski definition) is 15. The maximum atomic E-state index is 13.1. The largest absolute Gasteiger partial charge is 0.472 e. The lowest BCUT2D eigenvalue weighted by Crippen LogP contribution is -2.30. The van der Waals surface area contributed by atoms with Gasteiger partial charge in [-0.05, 0) is 109 Å². The molecular weight excluding hydrogens is 1260 g/mol. The molecule has 0 aliphatic carbocycles. The van der Waals surface area contributed by atoms with Crippen LogP contribution in [0.25, 0.3) is 0 Å². The van der Waals surface area contributed by atoms with Crippen LogP contribution in [-0.4, -0.2) is 96.7 Å². The van der Waals surface area contributed by atoms with Crippen molar-refractivity contribution in [2.45, 2.75) is 367 Å². The Hall–Kier alpha value is -3.24. The molecule has 0 amide bonds. The Balaban J connectivity index is 5.33. The smallest absolute Gasteiger partial charge is 0.462 e. The van der Waals surface area contributed by atoms with E-state index < -0.39 is 97.5 Å². The average molecular weight is 1400 g/mol. The van der Waals surface area contributed by atoms with Gasteiger partial charge in [-0.25, -0.2) is 9.13 Å². The van der Waals surface area contributed by atoms with Crippen molar-refractivity contribution in [1.82, 2.24) is 0 Å². The minimum atomic E-state index is -4.97. The van der Waals surface area contributed by atoms with Gasteiger partial charge >= 0.3 is 39.5 Å². The van der Waals surface area contributed by atoms with E-state index in [9.17, 15) is 43.2 Å². The van der Waals surface area contributed by atoms with Gasteiger partial charge in [0, 0.05) is 25.7 Å². The molecule has 19 heteroatoms. The second-order valence-corrected chi connectivity index (χ2v) is 28.9. The van der Waals surface area contributed by atoms with Gasteiger partial charge in [-0.2, -0.15) is 0 Å². The molecule has 0 aliphatic rings. The topological polar surface area (TPSA) is 237 Å². The highest BCUT2D eigenvalue weighted by Gasteiger charge is 2.30. The number of ether oxygens (including phenoxy) is 4. The van der Waals surface area contributed by atoms with Crippen LogP contribution in [0.2, 0.25) is 0 Å². The Morgan fingerprint density at radius 1 is 0.302 bits per heavy atom. The fourth-order valence-electron chi connectivity index (χ4n) is 10.5. The maximum absolute atomic E-state index is 13.1. The third kappa shape index (κ3) is 69.2. The van der Waals surface area contributed by atoms with Crippen molar-refractivity contribution in [1.29, 1.82) is 0 Å². The van der Waals surface area contributed by atoms with E-state index in [4.69, 9.17) is 37.0 Å². The molecule has 0 aromatic heterocycles. The summed E-state index contributed by atoms with van der Waals surface area (Å²) in [6, 6.07) is 0. The summed E-state index contributed by atoms with van der Waals surface area (Å²) >= 11 is 0. The van der Waals surface area contributed by atoms with E-state index in [-0.39, 0.29) is 25.7 Å². The molecule has 17 nitrogen and oxygen atoms in total. The Labute approximate surface area is 584 Å². The number of aliphatic hydroxyl groups excluding tert-OH is 1. The zero-order valence-electron chi connectivity index (χ0n) is 61.1. The van der Waals surface area contributed by atoms with Crippen LogP contribution in [0.4, 0.5) is 0 Å². The van der Waals surface area contributed by atoms with Gasteiger partial charge in [0.25, 0.3) is 0 Å². The number of unbranched alkanes of at least 4 members (excludes halogenated alkanes) is 38. The van der Waals surface area contributed by atoms with E-state index in [1.807, 2.05) is 0 Å². The Morgan fingerprint density at radius 3 is 0.875 bits per heavy atom. The lowest BCUT2D eigenvalue weighted by molar-refractivity contribution is -0.161. The number of aliphatic hydroxyl groups is 1. The minimum Gasteiger partial charge on any atom is -0.462 e. The number of carbonyl (C=O) groups excluding carboxylic acids is 4. The van der Waals surface area contributed by atoms with Gasteiger partial charge in [0.15, 0.2) is 12.2 Å². The zero-order valence-corrected chi connectivity index (χ0v) is 62.8. The molecule has 0 aromatic carbocycles. The molecule has 3 N–H and O–H groups in total. The molecule has 0 saturated heterocycles. The normalized spacial score (nSPS) is 14.3. The lowest BCUT2D eigenvalue weighted by atomic mass is 10.0. The summed E-state index contributed by atoms with van der Waals surface area (Å²) in [5, 5.41) is 10.6. The van der Waals surface area contributed by atoms with Gasteiger partial charge < -0.3 is 33.8 Å². The molecule has 560 valence electrons. The first-order valence-electron chi connectivity index (χ1n) is 38.5. The Bertz CT molecular complexity index is 2060. The molecule has 96 heavy (non-hydrogen) atoms. The molecule has 2 unspecified atom stereocenters.